The number of hydrogen-bond donors (Lipinski definition) is 1. The minimum atomic E-state index is 0.334. The van der Waals surface area contributed by atoms with Gasteiger partial charge < -0.3 is 15.2 Å². The fourth-order valence-corrected chi connectivity index (χ4v) is 10.00. The van der Waals surface area contributed by atoms with Crippen molar-refractivity contribution in [2.45, 2.75) is 137 Å². The van der Waals surface area contributed by atoms with Gasteiger partial charge in [-0.3, -0.25) is 4.79 Å². The van der Waals surface area contributed by atoms with Gasteiger partial charge in [-0.05, 0) is 111 Å². The lowest BCUT2D eigenvalue weighted by atomic mass is 9.47. The highest BCUT2D eigenvalue weighted by Crippen LogP contribution is 2.67. The molecule has 0 saturated heterocycles. The highest BCUT2D eigenvalue weighted by Gasteiger charge is 2.59. The smallest absolute Gasteiger partial charge is 0.133 e. The second-order valence-corrected chi connectivity index (χ2v) is 15.2. The van der Waals surface area contributed by atoms with Gasteiger partial charge in [-0.1, -0.05) is 65.5 Å². The van der Waals surface area contributed by atoms with Crippen LogP contribution in [0.2, 0.25) is 0 Å². The summed E-state index contributed by atoms with van der Waals surface area (Å²) in [6, 6.07) is 0. The minimum absolute atomic E-state index is 0.334. The molecule has 0 heterocycles. The van der Waals surface area contributed by atoms with E-state index in [0.29, 0.717) is 61.9 Å². The molecule has 0 aromatic rings. The molecular formula is C36H63NO3. The first-order valence-corrected chi connectivity index (χ1v) is 17.3. The number of nitrogens with two attached hydrogens (primary N) is 1. The van der Waals surface area contributed by atoms with Gasteiger partial charge >= 0.3 is 0 Å². The van der Waals surface area contributed by atoms with Crippen LogP contribution in [-0.4, -0.2) is 38.3 Å². The zero-order valence-corrected chi connectivity index (χ0v) is 26.9. The lowest BCUT2D eigenvalue weighted by Crippen LogP contribution is -2.51. The molecule has 4 rings (SSSR count). The average molecular weight is 558 g/mol. The summed E-state index contributed by atoms with van der Waals surface area (Å²) in [6.07, 6.45) is 20.9. The van der Waals surface area contributed by atoms with Crippen molar-refractivity contribution in [3.63, 3.8) is 0 Å². The molecule has 0 aromatic carbocycles. The van der Waals surface area contributed by atoms with E-state index >= 15 is 0 Å². The van der Waals surface area contributed by atoms with Crippen LogP contribution < -0.4 is 5.73 Å². The molecule has 0 radical (unpaired) electrons. The Balaban J connectivity index is 1.25. The Hall–Kier alpha value is -0.710. The first-order valence-electron chi connectivity index (χ1n) is 17.3. The molecule has 0 amide bonds. The number of Topliss-reactive ketones (excluding diaryl/α,β-unsaturated/α-hetero) is 1. The second-order valence-electron chi connectivity index (χ2n) is 15.2. The van der Waals surface area contributed by atoms with E-state index < -0.39 is 0 Å². The first-order chi connectivity index (χ1) is 19.2. The van der Waals surface area contributed by atoms with Gasteiger partial charge in [-0.15, -0.1) is 0 Å². The van der Waals surface area contributed by atoms with Crippen LogP contribution in [0.4, 0.5) is 0 Å². The van der Waals surface area contributed by atoms with Crippen LogP contribution >= 0.6 is 0 Å². The molecule has 40 heavy (non-hydrogen) atoms. The summed E-state index contributed by atoms with van der Waals surface area (Å²) in [5.74, 6) is 5.68. The van der Waals surface area contributed by atoms with Crippen LogP contribution in [0.1, 0.15) is 131 Å². The number of hydrogen-bond acceptors (Lipinski definition) is 4. The van der Waals surface area contributed by atoms with Crippen LogP contribution in [0.3, 0.4) is 0 Å². The fraction of sp³-hybridized carbons (Fsp3) is 0.917. The van der Waals surface area contributed by atoms with E-state index in [-0.39, 0.29) is 0 Å². The summed E-state index contributed by atoms with van der Waals surface area (Å²) >= 11 is 0. The third-order valence-electron chi connectivity index (χ3n) is 12.2. The van der Waals surface area contributed by atoms with Crippen LogP contribution in [-0.2, 0) is 14.3 Å². The van der Waals surface area contributed by atoms with Crippen molar-refractivity contribution in [1.82, 2.24) is 0 Å². The number of ketones is 1. The standard InChI is InChI=1S/C36H63NO3/c1-26(2)9-6-10-27(3)32-15-16-33-31-14-13-28-25-30(17-19-35(28,4)34(31)18-20-36(32,33)5)40-23-8-12-29(38)11-7-22-39-24-21-37/h13,26-27,30-34H,6-12,14-25,37H2,1-5H3/t27-,30+,31+,32-,33+,34+,35+,36-/m0/s1. The molecule has 0 aliphatic heterocycles. The lowest BCUT2D eigenvalue weighted by Gasteiger charge is -2.58. The molecule has 4 heteroatoms. The molecule has 3 fully saturated rings. The van der Waals surface area contributed by atoms with E-state index in [1.54, 1.807) is 5.57 Å². The topological polar surface area (TPSA) is 61.5 Å². The molecule has 4 aliphatic rings. The van der Waals surface area contributed by atoms with Crippen LogP contribution in [0.25, 0.3) is 0 Å². The Labute approximate surface area is 247 Å². The molecule has 0 aromatic heterocycles. The summed E-state index contributed by atoms with van der Waals surface area (Å²) in [5.41, 5.74) is 8.09. The molecule has 3 saturated carbocycles. The maximum absolute atomic E-state index is 12.2. The molecule has 0 unspecified atom stereocenters. The Morgan fingerprint density at radius 1 is 0.950 bits per heavy atom. The van der Waals surface area contributed by atoms with Crippen molar-refractivity contribution in [1.29, 1.82) is 0 Å². The molecule has 4 nitrogen and oxygen atoms in total. The molecule has 230 valence electrons. The van der Waals surface area contributed by atoms with Crippen molar-refractivity contribution in [2.75, 3.05) is 26.4 Å². The summed E-state index contributed by atoms with van der Waals surface area (Å²) in [5, 5.41) is 0. The van der Waals surface area contributed by atoms with Gasteiger partial charge in [0.25, 0.3) is 0 Å². The van der Waals surface area contributed by atoms with Crippen molar-refractivity contribution in [2.24, 2.45) is 52.1 Å². The monoisotopic (exact) mass is 557 g/mol. The Bertz CT molecular complexity index is 838. The maximum atomic E-state index is 12.2. The summed E-state index contributed by atoms with van der Waals surface area (Å²) in [7, 11) is 0. The van der Waals surface area contributed by atoms with Gasteiger partial charge in [-0.2, -0.15) is 0 Å². The zero-order chi connectivity index (χ0) is 28.8. The number of fused-ring (bicyclic) bond motifs is 5. The number of carbonyl (C=O) groups is 1. The zero-order valence-electron chi connectivity index (χ0n) is 26.9. The summed E-state index contributed by atoms with van der Waals surface area (Å²) < 4.78 is 11.7. The third-order valence-corrected chi connectivity index (χ3v) is 12.2. The molecular weight excluding hydrogens is 494 g/mol. The molecule has 4 aliphatic carbocycles. The number of rotatable bonds is 16. The van der Waals surface area contributed by atoms with Crippen LogP contribution in [0.15, 0.2) is 11.6 Å². The van der Waals surface area contributed by atoms with E-state index in [1.807, 2.05) is 0 Å². The van der Waals surface area contributed by atoms with Crippen molar-refractivity contribution in [3.8, 4) is 0 Å². The number of carbonyl (C=O) groups excluding carboxylic acids is 1. The minimum Gasteiger partial charge on any atom is -0.380 e. The predicted octanol–water partition coefficient (Wildman–Crippen LogP) is 8.52. The third kappa shape index (κ3) is 7.43. The summed E-state index contributed by atoms with van der Waals surface area (Å²) in [4.78, 5) is 12.2. The SMILES string of the molecule is CC(C)CCC[C@H](C)[C@@H]1CC[C@@H]2[C@H]3CC=C4C[C@H](OCCCC(=O)CCCOCCN)CC[C@@]4(C)[C@@H]3CC[C@]21C. The van der Waals surface area contributed by atoms with E-state index in [2.05, 4.69) is 40.7 Å². The van der Waals surface area contributed by atoms with E-state index in [4.69, 9.17) is 15.2 Å². The van der Waals surface area contributed by atoms with Gasteiger partial charge in [0.2, 0.25) is 0 Å². The Kier molecular flexibility index (Phi) is 11.8. The normalized spacial score (nSPS) is 36.1. The van der Waals surface area contributed by atoms with Gasteiger partial charge in [-0.25, -0.2) is 0 Å². The Morgan fingerprint density at radius 3 is 2.48 bits per heavy atom. The van der Waals surface area contributed by atoms with Gasteiger partial charge in [0.15, 0.2) is 0 Å². The highest BCUT2D eigenvalue weighted by atomic mass is 16.5. The lowest BCUT2D eigenvalue weighted by molar-refractivity contribution is -0.120. The number of ether oxygens (including phenoxy) is 2. The largest absolute Gasteiger partial charge is 0.380 e. The molecule has 0 bridgehead atoms. The first kappa shape index (κ1) is 32.2. The Morgan fingerprint density at radius 2 is 1.73 bits per heavy atom. The summed E-state index contributed by atoms with van der Waals surface area (Å²) in [6.45, 7) is 15.1. The quantitative estimate of drug-likeness (QED) is 0.153. The van der Waals surface area contributed by atoms with Crippen molar-refractivity contribution >= 4 is 5.78 Å². The molecule has 8 atom stereocenters. The van der Waals surface area contributed by atoms with Gasteiger partial charge in [0.1, 0.15) is 5.78 Å². The average Bonchev–Trinajstić information content (AvgIpc) is 3.28. The highest BCUT2D eigenvalue weighted by molar-refractivity contribution is 5.78. The van der Waals surface area contributed by atoms with Crippen molar-refractivity contribution in [3.05, 3.63) is 11.6 Å². The molecule has 2 N–H and O–H groups in total. The van der Waals surface area contributed by atoms with Crippen molar-refractivity contribution < 1.29 is 14.3 Å². The van der Waals surface area contributed by atoms with Gasteiger partial charge in [0, 0.05) is 32.6 Å². The van der Waals surface area contributed by atoms with Crippen LogP contribution in [0, 0.1) is 46.3 Å². The van der Waals surface area contributed by atoms with Crippen LogP contribution in [0.5, 0.6) is 0 Å². The second kappa shape index (κ2) is 14.6. The fourth-order valence-electron chi connectivity index (χ4n) is 10.00. The molecule has 0 spiro atoms. The number of allylic oxidation sites excluding steroid dienone is 1. The predicted molar refractivity (Wildman–Crippen MR) is 166 cm³/mol. The maximum Gasteiger partial charge on any atom is 0.133 e. The van der Waals surface area contributed by atoms with Gasteiger partial charge in [0.05, 0.1) is 12.7 Å². The van der Waals surface area contributed by atoms with E-state index in [1.165, 1.54) is 64.2 Å². The van der Waals surface area contributed by atoms with E-state index in [0.717, 1.165) is 54.8 Å². The van der Waals surface area contributed by atoms with E-state index in [9.17, 15) is 4.79 Å².